The molecule has 1 aliphatic carbocycles. The summed E-state index contributed by atoms with van der Waals surface area (Å²) in [6, 6.07) is 15.3. The van der Waals surface area contributed by atoms with E-state index in [4.69, 9.17) is 0 Å². The van der Waals surface area contributed by atoms with Crippen LogP contribution in [0.4, 0.5) is 0 Å². The standard InChI is InChI=1S/C26H32N4O/c1-19-9-10-24-23(17-19)28-18-30(24)29-25(31)26(13-5-2-6-14-26)15-11-22-21-8-4-3-7-20(21)12-16-27-22/h3-4,7-10,17-18,22,27H,2,5-6,11-16H2,1H3,(H,29,31). The van der Waals surface area contributed by atoms with Crippen LogP contribution in [0.3, 0.4) is 0 Å². The summed E-state index contributed by atoms with van der Waals surface area (Å²) in [5, 5.41) is 3.70. The smallest absolute Gasteiger partial charge is 0.245 e. The van der Waals surface area contributed by atoms with Crippen LogP contribution in [0.1, 0.15) is 67.7 Å². The topological polar surface area (TPSA) is 59.0 Å². The van der Waals surface area contributed by atoms with Crippen LogP contribution in [0.5, 0.6) is 0 Å². The van der Waals surface area contributed by atoms with Gasteiger partial charge in [0, 0.05) is 6.04 Å². The highest BCUT2D eigenvalue weighted by Gasteiger charge is 2.40. The highest BCUT2D eigenvalue weighted by atomic mass is 16.2. The molecule has 0 spiro atoms. The van der Waals surface area contributed by atoms with Crippen molar-refractivity contribution in [3.8, 4) is 0 Å². The molecule has 1 atom stereocenters. The van der Waals surface area contributed by atoms with E-state index in [1.54, 1.807) is 6.33 Å². The summed E-state index contributed by atoms with van der Waals surface area (Å²) in [4.78, 5) is 18.1. The van der Waals surface area contributed by atoms with E-state index in [9.17, 15) is 4.79 Å². The zero-order chi connectivity index (χ0) is 21.3. The van der Waals surface area contributed by atoms with Crippen molar-refractivity contribution in [3.63, 3.8) is 0 Å². The van der Waals surface area contributed by atoms with Gasteiger partial charge in [-0.05, 0) is 74.4 Å². The minimum atomic E-state index is -0.298. The second-order valence-corrected chi connectivity index (χ2v) is 9.38. The molecular weight excluding hydrogens is 384 g/mol. The second-order valence-electron chi connectivity index (χ2n) is 9.38. The lowest BCUT2D eigenvalue weighted by Crippen LogP contribution is -2.42. The summed E-state index contributed by atoms with van der Waals surface area (Å²) >= 11 is 0. The number of fused-ring (bicyclic) bond motifs is 2. The van der Waals surface area contributed by atoms with Crippen LogP contribution >= 0.6 is 0 Å². The third kappa shape index (κ3) is 3.99. The molecule has 0 bridgehead atoms. The average Bonchev–Trinajstić information content (AvgIpc) is 3.19. The Labute approximate surface area is 184 Å². The SMILES string of the molecule is Cc1ccc2c(c1)ncn2NC(=O)C1(CCC2NCCc3ccccc32)CCCCC1. The molecule has 2 N–H and O–H groups in total. The summed E-state index contributed by atoms with van der Waals surface area (Å²) < 4.78 is 1.81. The molecule has 5 nitrogen and oxygen atoms in total. The number of rotatable bonds is 5. The molecule has 3 aromatic rings. The Morgan fingerprint density at radius 1 is 1.19 bits per heavy atom. The minimum absolute atomic E-state index is 0.149. The van der Waals surface area contributed by atoms with Gasteiger partial charge in [0.25, 0.3) is 0 Å². The zero-order valence-corrected chi connectivity index (χ0v) is 18.4. The normalized spacial score (nSPS) is 20.4. The van der Waals surface area contributed by atoms with Crippen molar-refractivity contribution >= 4 is 16.9 Å². The largest absolute Gasteiger partial charge is 0.310 e. The van der Waals surface area contributed by atoms with Crippen molar-refractivity contribution in [2.45, 2.75) is 64.3 Å². The first-order valence-electron chi connectivity index (χ1n) is 11.7. The van der Waals surface area contributed by atoms with Gasteiger partial charge in [0.05, 0.1) is 16.4 Å². The molecule has 31 heavy (non-hydrogen) atoms. The Morgan fingerprint density at radius 2 is 2.03 bits per heavy atom. The first-order chi connectivity index (χ1) is 15.1. The van der Waals surface area contributed by atoms with Gasteiger partial charge in [-0.3, -0.25) is 10.2 Å². The summed E-state index contributed by atoms with van der Waals surface area (Å²) in [6.07, 6.45) is 10.2. The van der Waals surface area contributed by atoms with E-state index >= 15 is 0 Å². The van der Waals surface area contributed by atoms with Gasteiger partial charge >= 0.3 is 0 Å². The number of imidazole rings is 1. The van der Waals surface area contributed by atoms with Crippen LogP contribution in [0, 0.1) is 12.3 Å². The van der Waals surface area contributed by atoms with Gasteiger partial charge in [-0.15, -0.1) is 0 Å². The van der Waals surface area contributed by atoms with Crippen molar-refractivity contribution in [2.75, 3.05) is 12.0 Å². The van der Waals surface area contributed by atoms with E-state index in [0.29, 0.717) is 6.04 Å². The van der Waals surface area contributed by atoms with Gasteiger partial charge < -0.3 is 5.32 Å². The summed E-state index contributed by atoms with van der Waals surface area (Å²) in [5.41, 5.74) is 8.81. The van der Waals surface area contributed by atoms with Crippen molar-refractivity contribution in [2.24, 2.45) is 5.41 Å². The van der Waals surface area contributed by atoms with Crippen LogP contribution in [-0.2, 0) is 11.2 Å². The number of carbonyl (C=O) groups excluding carboxylic acids is 1. The molecule has 0 saturated heterocycles. The molecule has 0 radical (unpaired) electrons. The quantitative estimate of drug-likeness (QED) is 0.613. The second kappa shape index (κ2) is 8.46. The molecule has 1 amide bonds. The highest BCUT2D eigenvalue weighted by molar-refractivity contribution is 5.91. The number of aromatic nitrogens is 2. The van der Waals surface area contributed by atoms with E-state index in [1.807, 2.05) is 10.7 Å². The Kier molecular flexibility index (Phi) is 5.53. The molecule has 1 aromatic heterocycles. The van der Waals surface area contributed by atoms with Crippen molar-refractivity contribution < 1.29 is 4.79 Å². The number of hydrogen-bond acceptors (Lipinski definition) is 3. The highest BCUT2D eigenvalue weighted by Crippen LogP contribution is 2.43. The summed E-state index contributed by atoms with van der Waals surface area (Å²) in [6.45, 7) is 3.08. The van der Waals surface area contributed by atoms with Crippen LogP contribution in [0.2, 0.25) is 0 Å². The van der Waals surface area contributed by atoms with Crippen LogP contribution in [-0.4, -0.2) is 22.1 Å². The van der Waals surface area contributed by atoms with E-state index in [1.165, 1.54) is 23.1 Å². The first-order valence-corrected chi connectivity index (χ1v) is 11.7. The van der Waals surface area contributed by atoms with Gasteiger partial charge in [-0.2, -0.15) is 0 Å². The van der Waals surface area contributed by atoms with Crippen molar-refractivity contribution in [1.82, 2.24) is 15.0 Å². The number of benzene rings is 2. The zero-order valence-electron chi connectivity index (χ0n) is 18.4. The Morgan fingerprint density at radius 3 is 2.90 bits per heavy atom. The monoisotopic (exact) mass is 416 g/mol. The van der Waals surface area contributed by atoms with E-state index < -0.39 is 0 Å². The van der Waals surface area contributed by atoms with Gasteiger partial charge in [0.15, 0.2) is 0 Å². The number of amides is 1. The maximum atomic E-state index is 13.6. The molecular formula is C26H32N4O. The number of carbonyl (C=O) groups is 1. The van der Waals surface area contributed by atoms with Gasteiger partial charge in [0.1, 0.15) is 6.33 Å². The molecule has 5 heteroatoms. The summed E-state index contributed by atoms with van der Waals surface area (Å²) in [7, 11) is 0. The van der Waals surface area contributed by atoms with Crippen LogP contribution < -0.4 is 10.7 Å². The fraction of sp³-hybridized carbons (Fsp3) is 0.462. The fourth-order valence-corrected chi connectivity index (χ4v) is 5.53. The van der Waals surface area contributed by atoms with E-state index in [-0.39, 0.29) is 11.3 Å². The molecule has 1 unspecified atom stereocenters. The van der Waals surface area contributed by atoms with E-state index in [2.05, 4.69) is 59.0 Å². The molecule has 2 aromatic carbocycles. The number of nitrogens with one attached hydrogen (secondary N) is 2. The maximum Gasteiger partial charge on any atom is 0.245 e. The van der Waals surface area contributed by atoms with Gasteiger partial charge in [-0.1, -0.05) is 49.6 Å². The van der Waals surface area contributed by atoms with E-state index in [0.717, 1.165) is 62.5 Å². The predicted octanol–water partition coefficient (Wildman–Crippen LogP) is 5.03. The Balaban J connectivity index is 1.35. The lowest BCUT2D eigenvalue weighted by molar-refractivity contribution is -0.129. The van der Waals surface area contributed by atoms with Crippen LogP contribution in [0.15, 0.2) is 48.8 Å². The van der Waals surface area contributed by atoms with Gasteiger partial charge in [0.2, 0.25) is 5.91 Å². The Bertz CT molecular complexity index is 1080. The molecule has 162 valence electrons. The maximum absolute atomic E-state index is 13.6. The number of aryl methyl sites for hydroxylation is 1. The number of nitrogens with zero attached hydrogens (tertiary/aromatic N) is 2. The molecule has 1 aliphatic heterocycles. The third-order valence-corrected chi connectivity index (χ3v) is 7.34. The summed E-state index contributed by atoms with van der Waals surface area (Å²) in [5.74, 6) is 0.149. The lowest BCUT2D eigenvalue weighted by Gasteiger charge is -2.38. The average molecular weight is 417 g/mol. The fourth-order valence-electron chi connectivity index (χ4n) is 5.53. The van der Waals surface area contributed by atoms with Crippen molar-refractivity contribution in [3.05, 3.63) is 65.5 Å². The van der Waals surface area contributed by atoms with Gasteiger partial charge in [-0.25, -0.2) is 9.66 Å². The molecule has 5 rings (SSSR count). The molecule has 1 saturated carbocycles. The van der Waals surface area contributed by atoms with Crippen molar-refractivity contribution in [1.29, 1.82) is 0 Å². The predicted molar refractivity (Wildman–Crippen MR) is 124 cm³/mol. The first kappa shape index (κ1) is 20.3. The third-order valence-electron chi connectivity index (χ3n) is 7.34. The molecule has 2 heterocycles. The van der Waals surface area contributed by atoms with Crippen LogP contribution in [0.25, 0.3) is 11.0 Å². The Hall–Kier alpha value is -2.66. The lowest BCUT2D eigenvalue weighted by atomic mass is 9.69. The minimum Gasteiger partial charge on any atom is -0.310 e. The molecule has 2 aliphatic rings. The number of hydrogen-bond donors (Lipinski definition) is 2. The molecule has 1 fully saturated rings.